The van der Waals surface area contributed by atoms with Crippen LogP contribution in [0.3, 0.4) is 0 Å². The molecule has 5 nitrogen and oxygen atoms in total. The summed E-state index contributed by atoms with van der Waals surface area (Å²) in [5.74, 6) is 0.846. The molecule has 2 atom stereocenters. The van der Waals surface area contributed by atoms with Gasteiger partial charge in [-0.2, -0.15) is 0 Å². The average molecular weight is 335 g/mol. The van der Waals surface area contributed by atoms with Gasteiger partial charge >= 0.3 is 0 Å². The van der Waals surface area contributed by atoms with Gasteiger partial charge in [-0.15, -0.1) is 12.4 Å². The van der Waals surface area contributed by atoms with E-state index in [2.05, 4.69) is 15.6 Å². The van der Waals surface area contributed by atoms with Crippen molar-refractivity contribution in [1.29, 1.82) is 0 Å². The third-order valence-electron chi connectivity index (χ3n) is 5.24. The first kappa shape index (κ1) is 16.3. The molecule has 1 aliphatic heterocycles. The molecule has 4 rings (SSSR count). The Morgan fingerprint density at radius 3 is 2.87 bits per heavy atom. The summed E-state index contributed by atoms with van der Waals surface area (Å²) in [6.45, 7) is 3.54. The SMILES string of the molecule is CC1(N)CCCCC1C(=O)N1CCn2c1nc1ccccc12.Cl. The zero-order valence-electron chi connectivity index (χ0n) is 13.4. The number of anilines is 1. The molecular weight excluding hydrogens is 312 g/mol. The van der Waals surface area contributed by atoms with Crippen molar-refractivity contribution in [2.24, 2.45) is 11.7 Å². The van der Waals surface area contributed by atoms with Crippen LogP contribution < -0.4 is 10.6 Å². The molecule has 2 aromatic rings. The maximum Gasteiger partial charge on any atom is 0.234 e. The van der Waals surface area contributed by atoms with Gasteiger partial charge in [0.05, 0.1) is 17.0 Å². The smallest absolute Gasteiger partial charge is 0.234 e. The van der Waals surface area contributed by atoms with Crippen LogP contribution in [-0.2, 0) is 11.3 Å². The number of fused-ring (bicyclic) bond motifs is 3. The van der Waals surface area contributed by atoms with Crippen LogP contribution in [0.5, 0.6) is 0 Å². The van der Waals surface area contributed by atoms with Gasteiger partial charge in [0.1, 0.15) is 0 Å². The van der Waals surface area contributed by atoms with E-state index >= 15 is 0 Å². The normalized spacial score (nSPS) is 26.9. The van der Waals surface area contributed by atoms with Crippen molar-refractivity contribution >= 4 is 35.3 Å². The molecule has 1 aromatic carbocycles. The summed E-state index contributed by atoms with van der Waals surface area (Å²) in [6.07, 6.45) is 4.03. The van der Waals surface area contributed by atoms with Crippen molar-refractivity contribution in [3.05, 3.63) is 24.3 Å². The van der Waals surface area contributed by atoms with Crippen LogP contribution in [0.2, 0.25) is 0 Å². The highest BCUT2D eigenvalue weighted by Crippen LogP contribution is 2.35. The van der Waals surface area contributed by atoms with E-state index < -0.39 is 5.54 Å². The van der Waals surface area contributed by atoms with E-state index in [1.807, 2.05) is 30.0 Å². The lowest BCUT2D eigenvalue weighted by Gasteiger charge is -2.38. The molecule has 0 spiro atoms. The van der Waals surface area contributed by atoms with Crippen LogP contribution in [0.1, 0.15) is 32.6 Å². The monoisotopic (exact) mass is 334 g/mol. The van der Waals surface area contributed by atoms with Gasteiger partial charge in [0.15, 0.2) is 0 Å². The molecule has 1 aliphatic carbocycles. The number of para-hydroxylation sites is 2. The molecule has 1 amide bonds. The number of hydrogen-bond acceptors (Lipinski definition) is 3. The van der Waals surface area contributed by atoms with Gasteiger partial charge in [0.25, 0.3) is 0 Å². The number of carbonyl (C=O) groups excluding carboxylic acids is 1. The average Bonchev–Trinajstić information content (AvgIpc) is 3.05. The maximum absolute atomic E-state index is 13.0. The van der Waals surface area contributed by atoms with Gasteiger partial charge in [0.2, 0.25) is 11.9 Å². The largest absolute Gasteiger partial charge is 0.325 e. The summed E-state index contributed by atoms with van der Waals surface area (Å²) >= 11 is 0. The lowest BCUT2D eigenvalue weighted by molar-refractivity contribution is -0.125. The number of nitrogens with two attached hydrogens (primary N) is 1. The Kier molecular flexibility index (Phi) is 4.10. The van der Waals surface area contributed by atoms with Crippen molar-refractivity contribution in [3.63, 3.8) is 0 Å². The second kappa shape index (κ2) is 5.80. The zero-order chi connectivity index (χ0) is 15.3. The van der Waals surface area contributed by atoms with E-state index in [0.29, 0.717) is 6.54 Å². The Morgan fingerprint density at radius 1 is 1.30 bits per heavy atom. The summed E-state index contributed by atoms with van der Waals surface area (Å²) in [5, 5.41) is 0. The number of benzene rings is 1. The minimum Gasteiger partial charge on any atom is -0.325 e. The number of nitrogens with zero attached hydrogens (tertiary/aromatic N) is 3. The van der Waals surface area contributed by atoms with Crippen LogP contribution in [0.4, 0.5) is 5.95 Å². The Morgan fingerprint density at radius 2 is 2.09 bits per heavy atom. The minimum absolute atomic E-state index is 0. The Balaban J connectivity index is 0.00000156. The molecule has 1 saturated carbocycles. The topological polar surface area (TPSA) is 64.2 Å². The fourth-order valence-electron chi connectivity index (χ4n) is 3.95. The highest BCUT2D eigenvalue weighted by molar-refractivity contribution is 5.97. The van der Waals surface area contributed by atoms with Gasteiger partial charge in [-0.3, -0.25) is 9.69 Å². The van der Waals surface area contributed by atoms with Crippen LogP contribution in [0.15, 0.2) is 24.3 Å². The molecule has 23 heavy (non-hydrogen) atoms. The summed E-state index contributed by atoms with van der Waals surface area (Å²) in [4.78, 5) is 19.6. The van der Waals surface area contributed by atoms with Gasteiger partial charge in [-0.05, 0) is 31.9 Å². The van der Waals surface area contributed by atoms with E-state index in [1.54, 1.807) is 0 Å². The quantitative estimate of drug-likeness (QED) is 0.872. The molecular formula is C17H23ClN4O. The van der Waals surface area contributed by atoms with Crippen LogP contribution in [0.25, 0.3) is 11.0 Å². The summed E-state index contributed by atoms with van der Waals surface area (Å²) < 4.78 is 2.14. The second-order valence-corrected chi connectivity index (χ2v) is 6.85. The van der Waals surface area contributed by atoms with E-state index in [4.69, 9.17) is 5.73 Å². The molecule has 2 N–H and O–H groups in total. The van der Waals surface area contributed by atoms with E-state index in [1.165, 1.54) is 0 Å². The lowest BCUT2D eigenvalue weighted by Crippen LogP contribution is -2.53. The fourth-order valence-corrected chi connectivity index (χ4v) is 3.95. The fraction of sp³-hybridized carbons (Fsp3) is 0.529. The van der Waals surface area contributed by atoms with Crippen LogP contribution in [0, 0.1) is 5.92 Å². The Bertz CT molecular complexity index is 739. The van der Waals surface area contributed by atoms with Gasteiger partial charge in [0, 0.05) is 18.6 Å². The number of amides is 1. The minimum atomic E-state index is -0.394. The molecule has 1 fully saturated rings. The lowest BCUT2D eigenvalue weighted by atomic mass is 9.74. The van der Waals surface area contributed by atoms with Crippen molar-refractivity contribution in [1.82, 2.24) is 9.55 Å². The number of hydrogen-bond donors (Lipinski definition) is 1. The molecule has 6 heteroatoms. The van der Waals surface area contributed by atoms with Gasteiger partial charge in [-0.1, -0.05) is 25.0 Å². The number of carbonyl (C=O) groups is 1. The molecule has 0 saturated heterocycles. The van der Waals surface area contributed by atoms with Crippen molar-refractivity contribution < 1.29 is 4.79 Å². The van der Waals surface area contributed by atoms with Crippen molar-refractivity contribution in [2.45, 2.75) is 44.7 Å². The molecule has 0 radical (unpaired) electrons. The van der Waals surface area contributed by atoms with Crippen LogP contribution >= 0.6 is 12.4 Å². The molecule has 2 heterocycles. The molecule has 2 aliphatic rings. The Labute approximate surface area is 142 Å². The number of rotatable bonds is 1. The highest BCUT2D eigenvalue weighted by atomic mass is 35.5. The third kappa shape index (κ3) is 2.52. The first-order valence-corrected chi connectivity index (χ1v) is 8.13. The standard InChI is InChI=1S/C17H22N4O.ClH/c1-17(18)9-5-4-6-12(17)15(22)21-11-10-20-14-8-3-2-7-13(14)19-16(20)21;/h2-3,7-8,12H,4-6,9-11,18H2,1H3;1H. The molecule has 2 unspecified atom stereocenters. The van der Waals surface area contributed by atoms with Crippen molar-refractivity contribution in [2.75, 3.05) is 11.4 Å². The first-order valence-electron chi connectivity index (χ1n) is 8.13. The number of halogens is 1. The molecule has 0 bridgehead atoms. The summed E-state index contributed by atoms with van der Waals surface area (Å²) in [5.41, 5.74) is 8.07. The molecule has 124 valence electrons. The highest BCUT2D eigenvalue weighted by Gasteiger charge is 2.42. The maximum atomic E-state index is 13.0. The van der Waals surface area contributed by atoms with Gasteiger partial charge in [-0.25, -0.2) is 4.98 Å². The van der Waals surface area contributed by atoms with Gasteiger partial charge < -0.3 is 10.3 Å². The second-order valence-electron chi connectivity index (χ2n) is 6.85. The zero-order valence-corrected chi connectivity index (χ0v) is 14.2. The van der Waals surface area contributed by atoms with Crippen molar-refractivity contribution in [3.8, 4) is 0 Å². The predicted molar refractivity (Wildman–Crippen MR) is 93.9 cm³/mol. The van der Waals surface area contributed by atoms with E-state index in [-0.39, 0.29) is 24.2 Å². The van der Waals surface area contributed by atoms with E-state index in [0.717, 1.165) is 49.2 Å². The Hall–Kier alpha value is -1.59. The van der Waals surface area contributed by atoms with E-state index in [9.17, 15) is 4.79 Å². The predicted octanol–water partition coefficient (Wildman–Crippen LogP) is 2.71. The summed E-state index contributed by atoms with van der Waals surface area (Å²) in [6, 6.07) is 8.06. The molecule has 1 aromatic heterocycles. The third-order valence-corrected chi connectivity index (χ3v) is 5.24. The first-order chi connectivity index (χ1) is 10.6. The number of imidazole rings is 1. The summed E-state index contributed by atoms with van der Waals surface area (Å²) in [7, 11) is 0. The van der Waals surface area contributed by atoms with Crippen LogP contribution in [-0.4, -0.2) is 27.5 Å². The number of aromatic nitrogens is 2.